The molecule has 0 aromatic rings. The van der Waals surface area contributed by atoms with Crippen LogP contribution in [0.2, 0.25) is 0 Å². The first-order valence-electron chi connectivity index (χ1n) is 7.02. The average Bonchev–Trinajstić information content (AvgIpc) is 2.08. The molecule has 0 aliphatic carbocycles. The van der Waals surface area contributed by atoms with Gasteiger partial charge in [0.05, 0.1) is 0 Å². The molecule has 0 bridgehead atoms. The molecule has 0 amide bonds. The molecule has 1 fully saturated rings. The van der Waals surface area contributed by atoms with Crippen LogP contribution in [-0.2, 0) is 0 Å². The molecule has 1 heteroatoms. The zero-order chi connectivity index (χ0) is 13.9. The zero-order valence-electron chi connectivity index (χ0n) is 13.7. The van der Waals surface area contributed by atoms with Crippen LogP contribution in [0.3, 0.4) is 0 Å². The highest BCUT2D eigenvalue weighted by molar-refractivity contribution is 4.65. The minimum absolute atomic E-state index is 1.84. The predicted octanol–water partition coefficient (Wildman–Crippen LogP) is 1.15. The van der Waals surface area contributed by atoms with Gasteiger partial charge in [0, 0.05) is 19.7 Å². The molecule has 0 spiro atoms. The van der Waals surface area contributed by atoms with Crippen molar-refractivity contribution in [3.63, 3.8) is 0 Å². The van der Waals surface area contributed by atoms with Crippen molar-refractivity contribution < 1.29 is 13.7 Å². The van der Waals surface area contributed by atoms with Gasteiger partial charge in [-0.05, 0) is 26.1 Å². The maximum absolute atomic E-state index is 7.53. The number of nitrogens with one attached hydrogen (secondary N) is 1. The molecule has 42 valence electrons. The lowest BCUT2D eigenvalue weighted by molar-refractivity contribution is 0.425. The molecule has 1 nitrogen and oxygen atoms in total. The third kappa shape index (κ3) is 1.48. The van der Waals surface area contributed by atoms with Crippen LogP contribution in [0.4, 0.5) is 0 Å². The maximum atomic E-state index is 7.53. The lowest BCUT2D eigenvalue weighted by Gasteiger charge is -2.18. The fourth-order valence-corrected chi connectivity index (χ4v) is 0.317. The number of hydrogen-bond donors (Lipinski definition) is 1. The fraction of sp³-hybridized carbons (Fsp3) is 1.00. The molecule has 1 N–H and O–H groups in total. The van der Waals surface area contributed by atoms with E-state index >= 15 is 0 Å². The van der Waals surface area contributed by atoms with Crippen LogP contribution in [0.15, 0.2) is 0 Å². The molecule has 2 unspecified atom stereocenters. The van der Waals surface area contributed by atoms with E-state index < -0.39 is 38.5 Å². The zero-order valence-corrected chi connectivity index (χ0v) is 3.65. The van der Waals surface area contributed by atoms with Crippen LogP contribution in [0, 0.1) is 0 Å². The van der Waals surface area contributed by atoms with Gasteiger partial charge in [-0.15, -0.1) is 0 Å². The first kappa shape index (κ1) is 0.860. The Morgan fingerprint density at radius 2 is 2.86 bits per heavy atom. The molecule has 7 heavy (non-hydrogen) atoms. The third-order valence-electron chi connectivity index (χ3n) is 0.611. The Bertz CT molecular complexity index is 306. The van der Waals surface area contributed by atoms with Crippen LogP contribution in [-0.4, -0.2) is 12.6 Å². The van der Waals surface area contributed by atoms with E-state index in [9.17, 15) is 0 Å². The van der Waals surface area contributed by atoms with E-state index in [1.165, 1.54) is 0 Å². The van der Waals surface area contributed by atoms with Gasteiger partial charge in [-0.1, -0.05) is 6.37 Å². The Labute approximate surface area is 59.2 Å². The summed E-state index contributed by atoms with van der Waals surface area (Å²) in [5.41, 5.74) is 0. The van der Waals surface area contributed by atoms with E-state index in [-0.39, 0.29) is 0 Å². The number of piperidine rings is 1. The summed E-state index contributed by atoms with van der Waals surface area (Å²) in [7, 11) is 0. The van der Waals surface area contributed by atoms with Crippen LogP contribution in [0.1, 0.15) is 39.7 Å². The molecule has 1 aliphatic heterocycles. The van der Waals surface area contributed by atoms with Crippen molar-refractivity contribution in [1.29, 1.82) is 0 Å². The second-order valence-electron chi connectivity index (χ2n) is 1.16. The molecule has 1 rings (SSSR count). The van der Waals surface area contributed by atoms with E-state index in [4.69, 9.17) is 13.7 Å². The van der Waals surface area contributed by atoms with Gasteiger partial charge >= 0.3 is 0 Å². The molecule has 0 radical (unpaired) electrons. The topological polar surface area (TPSA) is 12.0 Å². The molecular weight excluding hydrogens is 86.1 g/mol. The van der Waals surface area contributed by atoms with E-state index in [1.807, 2.05) is 5.32 Å². The Kier molecular flexibility index (Phi) is 0.284. The van der Waals surface area contributed by atoms with E-state index in [0.717, 1.165) is 0 Å². The van der Waals surface area contributed by atoms with Crippen LogP contribution in [0.5, 0.6) is 0 Å². The Balaban J connectivity index is 3.29. The highest BCUT2D eigenvalue weighted by Gasteiger charge is 2.04. The van der Waals surface area contributed by atoms with Gasteiger partial charge in [0.2, 0.25) is 0 Å². The predicted molar refractivity (Wildman–Crippen MR) is 31.3 cm³/mol. The standard InChI is InChI=1S/C6H13N/c1-6-4-2-3-5-7-6/h6-7H,2-5H2,1H3/i1D3,2D2,3D2,4D2,5D. The SMILES string of the molecule is [2H]C1NC(C([2H])([2H])[2H])C([2H])([2H])C([2H])([2H])C1([2H])[2H]. The van der Waals surface area contributed by atoms with Gasteiger partial charge in [0.15, 0.2) is 0 Å². The Morgan fingerprint density at radius 1 is 1.86 bits per heavy atom. The summed E-state index contributed by atoms with van der Waals surface area (Å²) in [5, 5.41) is 2.01. The molecule has 0 aromatic carbocycles. The summed E-state index contributed by atoms with van der Waals surface area (Å²) < 4.78 is 73.6. The lowest BCUT2D eigenvalue weighted by Crippen LogP contribution is -2.30. The quantitative estimate of drug-likeness (QED) is 0.492. The van der Waals surface area contributed by atoms with Gasteiger partial charge in [-0.25, -0.2) is 0 Å². The molecule has 1 saturated heterocycles. The Morgan fingerprint density at radius 3 is 3.71 bits per heavy atom. The highest BCUT2D eigenvalue weighted by Crippen LogP contribution is 2.04. The first-order valence-corrected chi connectivity index (χ1v) is 1.94. The first-order chi connectivity index (χ1) is 7.26. The van der Waals surface area contributed by atoms with Crippen LogP contribution >= 0.6 is 0 Å². The second kappa shape index (κ2) is 2.31. The van der Waals surface area contributed by atoms with Crippen molar-refractivity contribution in [1.82, 2.24) is 5.32 Å². The van der Waals surface area contributed by atoms with E-state index in [0.29, 0.717) is 0 Å². The van der Waals surface area contributed by atoms with Crippen molar-refractivity contribution in [2.45, 2.75) is 32.0 Å². The molecular formula is C6H13N. The van der Waals surface area contributed by atoms with E-state index in [2.05, 4.69) is 0 Å². The summed E-state index contributed by atoms with van der Waals surface area (Å²) in [5.74, 6) is 0. The van der Waals surface area contributed by atoms with Gasteiger partial charge in [0.25, 0.3) is 0 Å². The molecule has 0 aromatic heterocycles. The summed E-state index contributed by atoms with van der Waals surface area (Å²) in [6.07, 6.45) is -8.84. The smallest absolute Gasteiger partial charge is 0.0428 e. The minimum Gasteiger partial charge on any atom is -0.314 e. The van der Waals surface area contributed by atoms with Gasteiger partial charge < -0.3 is 5.32 Å². The minimum atomic E-state index is -3.07. The van der Waals surface area contributed by atoms with Crippen LogP contribution < -0.4 is 5.32 Å². The van der Waals surface area contributed by atoms with Crippen molar-refractivity contribution >= 4 is 0 Å². The van der Waals surface area contributed by atoms with Crippen molar-refractivity contribution in [3.05, 3.63) is 0 Å². The number of hydrogen-bond acceptors (Lipinski definition) is 1. The normalized spacial score (nSPS) is 88.0. The lowest BCUT2D eigenvalue weighted by atomic mass is 10.1. The summed E-state index contributed by atoms with van der Waals surface area (Å²) in [4.78, 5) is 0. The molecule has 0 saturated carbocycles. The van der Waals surface area contributed by atoms with Crippen molar-refractivity contribution in [3.8, 4) is 0 Å². The van der Waals surface area contributed by atoms with Crippen molar-refractivity contribution in [2.75, 3.05) is 6.52 Å². The van der Waals surface area contributed by atoms with Crippen molar-refractivity contribution in [2.24, 2.45) is 0 Å². The van der Waals surface area contributed by atoms with Gasteiger partial charge in [0.1, 0.15) is 0 Å². The molecule has 1 heterocycles. The summed E-state index contributed by atoms with van der Waals surface area (Å²) in [6.45, 7) is -4.70. The maximum Gasteiger partial charge on any atom is 0.0428 e. The average molecular weight is 109 g/mol. The Hall–Kier alpha value is -0.0400. The van der Waals surface area contributed by atoms with Gasteiger partial charge in [-0.3, -0.25) is 0 Å². The van der Waals surface area contributed by atoms with Crippen LogP contribution in [0.25, 0.3) is 0 Å². The molecule has 1 aliphatic rings. The highest BCUT2D eigenvalue weighted by atomic mass is 14.9. The largest absolute Gasteiger partial charge is 0.314 e. The summed E-state index contributed by atoms with van der Waals surface area (Å²) >= 11 is 0. The third-order valence-corrected chi connectivity index (χ3v) is 0.611. The second-order valence-corrected chi connectivity index (χ2v) is 1.16. The fourth-order valence-electron chi connectivity index (χ4n) is 0.317. The number of rotatable bonds is 0. The summed E-state index contributed by atoms with van der Waals surface area (Å²) in [6, 6.07) is -1.92. The monoisotopic (exact) mass is 109 g/mol. The van der Waals surface area contributed by atoms with E-state index in [1.54, 1.807) is 0 Å². The van der Waals surface area contributed by atoms with Gasteiger partial charge in [-0.2, -0.15) is 0 Å². The molecule has 2 atom stereocenters.